The monoisotopic (exact) mass is 142 g/mol. The summed E-state index contributed by atoms with van der Waals surface area (Å²) in [6.45, 7) is 3.09. The summed E-state index contributed by atoms with van der Waals surface area (Å²) in [6, 6.07) is 0. The molecule has 3 atom stereocenters. The maximum Gasteiger partial charge on any atom is 0.169 e. The van der Waals surface area contributed by atoms with Crippen molar-refractivity contribution >= 4 is 5.78 Å². The number of carbonyl (C=O) groups is 1. The quantitative estimate of drug-likeness (QED) is 0.477. The van der Waals surface area contributed by atoms with Crippen LogP contribution in [0.25, 0.3) is 0 Å². The normalized spacial score (nSPS) is 46.1. The fourth-order valence-electron chi connectivity index (χ4n) is 1.49. The van der Waals surface area contributed by atoms with Crippen molar-refractivity contribution in [3.63, 3.8) is 0 Å². The Balaban J connectivity index is 2.06. The van der Waals surface area contributed by atoms with Gasteiger partial charge < -0.3 is 9.47 Å². The number of ether oxygens (including phenoxy) is 2. The molecule has 3 nitrogen and oxygen atoms in total. The third-order valence-corrected chi connectivity index (χ3v) is 2.21. The summed E-state index contributed by atoms with van der Waals surface area (Å²) in [5, 5.41) is 0. The Kier molecular flexibility index (Phi) is 1.28. The molecule has 0 bridgehead atoms. The average Bonchev–Trinajstić information content (AvgIpc) is 2.03. The SMILES string of the molecule is CC1C(=O)C2OCCOC12. The Hall–Kier alpha value is -0.410. The van der Waals surface area contributed by atoms with Crippen molar-refractivity contribution in [3.8, 4) is 0 Å². The molecule has 0 N–H and O–H groups in total. The molecule has 1 saturated carbocycles. The number of Topliss-reactive ketones (excluding diaryl/α,β-unsaturated/α-hetero) is 1. The average molecular weight is 142 g/mol. The van der Waals surface area contributed by atoms with Crippen LogP contribution in [0.15, 0.2) is 0 Å². The third-order valence-electron chi connectivity index (χ3n) is 2.21. The lowest BCUT2D eigenvalue weighted by Crippen LogP contribution is -2.60. The molecule has 56 valence electrons. The van der Waals surface area contributed by atoms with Crippen LogP contribution in [-0.2, 0) is 14.3 Å². The maximum absolute atomic E-state index is 11.0. The van der Waals surface area contributed by atoms with Crippen LogP contribution >= 0.6 is 0 Å². The van der Waals surface area contributed by atoms with Gasteiger partial charge >= 0.3 is 0 Å². The van der Waals surface area contributed by atoms with E-state index in [2.05, 4.69) is 0 Å². The molecule has 0 aromatic rings. The van der Waals surface area contributed by atoms with Crippen LogP contribution in [0.4, 0.5) is 0 Å². The smallest absolute Gasteiger partial charge is 0.169 e. The van der Waals surface area contributed by atoms with Gasteiger partial charge in [0, 0.05) is 5.92 Å². The molecule has 10 heavy (non-hydrogen) atoms. The van der Waals surface area contributed by atoms with E-state index < -0.39 is 0 Å². The zero-order valence-corrected chi connectivity index (χ0v) is 5.87. The fraction of sp³-hybridized carbons (Fsp3) is 0.857. The van der Waals surface area contributed by atoms with E-state index in [0.29, 0.717) is 13.2 Å². The zero-order chi connectivity index (χ0) is 7.14. The van der Waals surface area contributed by atoms with E-state index >= 15 is 0 Å². The molecule has 1 saturated heterocycles. The highest BCUT2D eigenvalue weighted by Gasteiger charge is 2.50. The standard InChI is InChI=1S/C7H10O3/c1-4-5(8)7-6(4)9-2-3-10-7/h4,6-7H,2-3H2,1H3. The number of hydrogen-bond donors (Lipinski definition) is 0. The molecule has 2 aliphatic rings. The van der Waals surface area contributed by atoms with Gasteiger partial charge in [0.15, 0.2) is 5.78 Å². The van der Waals surface area contributed by atoms with Crippen molar-refractivity contribution in [2.75, 3.05) is 13.2 Å². The van der Waals surface area contributed by atoms with Gasteiger partial charge in [-0.25, -0.2) is 0 Å². The van der Waals surface area contributed by atoms with Crippen LogP contribution in [0.5, 0.6) is 0 Å². The summed E-state index contributed by atoms with van der Waals surface area (Å²) in [5.41, 5.74) is 0. The van der Waals surface area contributed by atoms with Gasteiger partial charge in [0.25, 0.3) is 0 Å². The first-order valence-electron chi connectivity index (χ1n) is 3.57. The summed E-state index contributed by atoms with van der Waals surface area (Å²) in [4.78, 5) is 11.0. The molecule has 0 amide bonds. The third kappa shape index (κ3) is 0.646. The minimum absolute atomic E-state index is 0.0567. The number of hydrogen-bond acceptors (Lipinski definition) is 3. The second-order valence-corrected chi connectivity index (χ2v) is 2.82. The molecule has 0 radical (unpaired) electrons. The second kappa shape index (κ2) is 2.04. The summed E-state index contributed by atoms with van der Waals surface area (Å²) in [5.74, 6) is 0.259. The Morgan fingerprint density at radius 2 is 2.10 bits per heavy atom. The van der Waals surface area contributed by atoms with Crippen LogP contribution in [0.3, 0.4) is 0 Å². The number of fused-ring (bicyclic) bond motifs is 1. The van der Waals surface area contributed by atoms with Crippen molar-refractivity contribution in [1.82, 2.24) is 0 Å². The Labute approximate surface area is 59.3 Å². The van der Waals surface area contributed by atoms with Gasteiger partial charge in [0.2, 0.25) is 0 Å². The van der Waals surface area contributed by atoms with Gasteiger partial charge in [0.1, 0.15) is 12.2 Å². The zero-order valence-electron chi connectivity index (χ0n) is 5.87. The van der Waals surface area contributed by atoms with E-state index in [1.165, 1.54) is 0 Å². The summed E-state index contributed by atoms with van der Waals surface area (Å²) in [6.07, 6.45) is -0.176. The summed E-state index contributed by atoms with van der Waals surface area (Å²) in [7, 11) is 0. The van der Waals surface area contributed by atoms with E-state index in [1.54, 1.807) is 0 Å². The van der Waals surface area contributed by atoms with Crippen LogP contribution in [0.2, 0.25) is 0 Å². The van der Waals surface area contributed by atoms with Crippen molar-refractivity contribution in [2.24, 2.45) is 5.92 Å². The van der Waals surface area contributed by atoms with Crippen molar-refractivity contribution in [2.45, 2.75) is 19.1 Å². The van der Waals surface area contributed by atoms with Crippen LogP contribution < -0.4 is 0 Å². The number of rotatable bonds is 0. The number of carbonyl (C=O) groups excluding carboxylic acids is 1. The van der Waals surface area contributed by atoms with E-state index in [0.717, 1.165) is 0 Å². The summed E-state index contributed by atoms with van der Waals surface area (Å²) < 4.78 is 10.5. The molecule has 3 unspecified atom stereocenters. The highest BCUT2D eigenvalue weighted by molar-refractivity contribution is 5.93. The molecule has 1 heterocycles. The largest absolute Gasteiger partial charge is 0.372 e. The van der Waals surface area contributed by atoms with Crippen molar-refractivity contribution in [3.05, 3.63) is 0 Å². The fourth-order valence-corrected chi connectivity index (χ4v) is 1.49. The van der Waals surface area contributed by atoms with Gasteiger partial charge in [-0.2, -0.15) is 0 Å². The Morgan fingerprint density at radius 3 is 2.80 bits per heavy atom. The Bertz CT molecular complexity index is 166. The van der Waals surface area contributed by atoms with Crippen LogP contribution in [0, 0.1) is 5.92 Å². The van der Waals surface area contributed by atoms with Gasteiger partial charge in [0.05, 0.1) is 13.2 Å². The lowest BCUT2D eigenvalue weighted by molar-refractivity contribution is -0.206. The minimum atomic E-state index is -0.233. The highest BCUT2D eigenvalue weighted by Crippen LogP contribution is 2.31. The molecule has 3 heteroatoms. The first-order chi connectivity index (χ1) is 4.80. The molecule has 2 rings (SSSR count). The van der Waals surface area contributed by atoms with E-state index in [4.69, 9.17) is 9.47 Å². The minimum Gasteiger partial charge on any atom is -0.372 e. The lowest BCUT2D eigenvalue weighted by Gasteiger charge is -2.43. The van der Waals surface area contributed by atoms with Gasteiger partial charge in [-0.3, -0.25) is 4.79 Å². The van der Waals surface area contributed by atoms with Crippen LogP contribution in [-0.4, -0.2) is 31.2 Å². The van der Waals surface area contributed by atoms with Crippen molar-refractivity contribution < 1.29 is 14.3 Å². The molecule has 1 aliphatic heterocycles. The molecule has 1 aliphatic carbocycles. The maximum atomic E-state index is 11.0. The van der Waals surface area contributed by atoms with E-state index in [-0.39, 0.29) is 23.9 Å². The van der Waals surface area contributed by atoms with Gasteiger partial charge in [-0.05, 0) is 0 Å². The molecule has 0 spiro atoms. The lowest BCUT2D eigenvalue weighted by atomic mass is 9.78. The van der Waals surface area contributed by atoms with Crippen LogP contribution in [0.1, 0.15) is 6.92 Å². The molecule has 2 fully saturated rings. The predicted molar refractivity (Wildman–Crippen MR) is 33.7 cm³/mol. The van der Waals surface area contributed by atoms with E-state index in [9.17, 15) is 4.79 Å². The topological polar surface area (TPSA) is 35.5 Å². The molecular formula is C7H10O3. The van der Waals surface area contributed by atoms with E-state index in [1.807, 2.05) is 6.92 Å². The molecule has 0 aromatic heterocycles. The Morgan fingerprint density at radius 1 is 1.40 bits per heavy atom. The van der Waals surface area contributed by atoms with Crippen molar-refractivity contribution in [1.29, 1.82) is 0 Å². The first-order valence-corrected chi connectivity index (χ1v) is 3.57. The van der Waals surface area contributed by atoms with Gasteiger partial charge in [-0.1, -0.05) is 6.92 Å². The second-order valence-electron chi connectivity index (χ2n) is 2.82. The highest BCUT2D eigenvalue weighted by atomic mass is 16.6. The predicted octanol–water partition coefficient (Wildman–Crippen LogP) is -0.0108. The number of ketones is 1. The van der Waals surface area contributed by atoms with Gasteiger partial charge in [-0.15, -0.1) is 0 Å². The molecule has 0 aromatic carbocycles. The molecular weight excluding hydrogens is 132 g/mol. The first kappa shape index (κ1) is 6.31. The summed E-state index contributed by atoms with van der Waals surface area (Å²) >= 11 is 0.